The van der Waals surface area contributed by atoms with Crippen LogP contribution in [0.5, 0.6) is 0 Å². The number of rotatable bonds is 5. The Morgan fingerprint density at radius 2 is 2.16 bits per heavy atom. The maximum Gasteiger partial charge on any atom is 0.300 e. The van der Waals surface area contributed by atoms with Gasteiger partial charge in [0.15, 0.2) is 0 Å². The average molecular weight is 285 g/mol. The van der Waals surface area contributed by atoms with Crippen molar-refractivity contribution in [2.75, 3.05) is 7.05 Å². The number of hydrogen-bond donors (Lipinski definition) is 0. The van der Waals surface area contributed by atoms with E-state index in [1.54, 1.807) is 13.1 Å². The van der Waals surface area contributed by atoms with Crippen LogP contribution in [0.4, 0.5) is 5.69 Å². The van der Waals surface area contributed by atoms with Crippen LogP contribution in [0, 0.1) is 10.1 Å². The van der Waals surface area contributed by atoms with Crippen molar-refractivity contribution >= 4 is 23.2 Å². The molecule has 0 saturated heterocycles. The number of carbonyl (C=O) groups is 1. The quantitative estimate of drug-likeness (QED) is 0.614. The van der Waals surface area contributed by atoms with E-state index in [4.69, 9.17) is 11.6 Å². The molecule has 1 aromatic rings. The molecule has 1 rings (SSSR count). The molecule has 104 valence electrons. The van der Waals surface area contributed by atoms with E-state index >= 15 is 0 Å². The number of benzene rings is 1. The lowest BCUT2D eigenvalue weighted by atomic mass is 10.1. The molecule has 0 N–H and O–H groups in total. The zero-order valence-corrected chi connectivity index (χ0v) is 12.0. The highest BCUT2D eigenvalue weighted by Crippen LogP contribution is 2.29. The molecule has 6 heteroatoms. The van der Waals surface area contributed by atoms with Crippen molar-refractivity contribution in [3.8, 4) is 0 Å². The van der Waals surface area contributed by atoms with Gasteiger partial charge in [0.25, 0.3) is 5.91 Å². The standard InChI is InChI=1S/C13H17ClN2O3/c1-4-6-9(2)15(3)13(17)10-7-5-8-11(14)12(10)16(18)19/h5,7-9H,4,6H2,1-3H3/t9-/m1/s1. The topological polar surface area (TPSA) is 63.5 Å². The number of halogens is 1. The Bertz CT molecular complexity index is 491. The van der Waals surface area contributed by atoms with E-state index in [9.17, 15) is 14.9 Å². The maximum absolute atomic E-state index is 12.3. The Balaban J connectivity index is 3.13. The fraction of sp³-hybridized carbons (Fsp3) is 0.462. The molecule has 0 spiro atoms. The van der Waals surface area contributed by atoms with Crippen LogP contribution in [-0.2, 0) is 0 Å². The third-order valence-corrected chi connectivity index (χ3v) is 3.39. The third-order valence-electron chi connectivity index (χ3n) is 3.09. The molecular weight excluding hydrogens is 268 g/mol. The van der Waals surface area contributed by atoms with Crippen molar-refractivity contribution in [2.45, 2.75) is 32.7 Å². The lowest BCUT2D eigenvalue weighted by Crippen LogP contribution is -2.35. The number of nitrogens with zero attached hydrogens (tertiary/aromatic N) is 2. The zero-order valence-electron chi connectivity index (χ0n) is 11.2. The molecule has 0 bridgehead atoms. The molecule has 5 nitrogen and oxygen atoms in total. The minimum Gasteiger partial charge on any atom is -0.339 e. The molecule has 0 aromatic heterocycles. The number of hydrogen-bond acceptors (Lipinski definition) is 3. The van der Waals surface area contributed by atoms with Gasteiger partial charge in [0.1, 0.15) is 10.6 Å². The van der Waals surface area contributed by atoms with Gasteiger partial charge >= 0.3 is 5.69 Å². The van der Waals surface area contributed by atoms with Crippen LogP contribution in [0.2, 0.25) is 5.02 Å². The Morgan fingerprint density at radius 3 is 2.68 bits per heavy atom. The molecule has 0 heterocycles. The maximum atomic E-state index is 12.3. The Morgan fingerprint density at radius 1 is 1.53 bits per heavy atom. The predicted octanol–water partition coefficient (Wildman–Crippen LogP) is 3.51. The molecule has 0 unspecified atom stereocenters. The van der Waals surface area contributed by atoms with Gasteiger partial charge in [0, 0.05) is 13.1 Å². The monoisotopic (exact) mass is 284 g/mol. The third kappa shape index (κ3) is 3.44. The van der Waals surface area contributed by atoms with E-state index in [2.05, 4.69) is 0 Å². The summed E-state index contributed by atoms with van der Waals surface area (Å²) >= 11 is 5.80. The molecule has 1 atom stereocenters. The molecule has 0 aliphatic heterocycles. The van der Waals surface area contributed by atoms with E-state index in [1.807, 2.05) is 13.8 Å². The van der Waals surface area contributed by atoms with Crippen LogP contribution in [0.1, 0.15) is 37.0 Å². The normalized spacial score (nSPS) is 12.0. The average Bonchev–Trinajstić information content (AvgIpc) is 2.36. The number of carbonyl (C=O) groups excluding carboxylic acids is 1. The first kappa shape index (κ1) is 15.4. The van der Waals surface area contributed by atoms with Gasteiger partial charge in [-0.25, -0.2) is 0 Å². The fourth-order valence-corrected chi connectivity index (χ4v) is 2.12. The summed E-state index contributed by atoms with van der Waals surface area (Å²) in [7, 11) is 1.65. The second-order valence-electron chi connectivity index (χ2n) is 4.45. The molecule has 0 radical (unpaired) electrons. The van der Waals surface area contributed by atoms with E-state index in [-0.39, 0.29) is 28.2 Å². The van der Waals surface area contributed by atoms with Crippen molar-refractivity contribution in [1.82, 2.24) is 4.90 Å². The van der Waals surface area contributed by atoms with Crippen molar-refractivity contribution in [3.05, 3.63) is 38.9 Å². The highest BCUT2D eigenvalue weighted by molar-refractivity contribution is 6.33. The lowest BCUT2D eigenvalue weighted by Gasteiger charge is -2.24. The summed E-state index contributed by atoms with van der Waals surface area (Å²) in [5.41, 5.74) is -0.298. The second-order valence-corrected chi connectivity index (χ2v) is 4.85. The van der Waals surface area contributed by atoms with Gasteiger partial charge in [-0.05, 0) is 25.5 Å². The number of nitro benzene ring substituents is 1. The van der Waals surface area contributed by atoms with E-state index in [1.165, 1.54) is 17.0 Å². The minimum absolute atomic E-state index is 0.0209. The first-order valence-electron chi connectivity index (χ1n) is 6.10. The number of para-hydroxylation sites is 1. The largest absolute Gasteiger partial charge is 0.339 e. The number of nitro groups is 1. The summed E-state index contributed by atoms with van der Waals surface area (Å²) < 4.78 is 0. The van der Waals surface area contributed by atoms with Crippen LogP contribution >= 0.6 is 11.6 Å². The van der Waals surface area contributed by atoms with Gasteiger partial charge in [0.2, 0.25) is 0 Å². The van der Waals surface area contributed by atoms with Crippen LogP contribution in [-0.4, -0.2) is 28.8 Å². The van der Waals surface area contributed by atoms with E-state index in [0.717, 1.165) is 12.8 Å². The molecule has 0 saturated carbocycles. The summed E-state index contributed by atoms with van der Waals surface area (Å²) in [6.45, 7) is 3.94. The smallest absolute Gasteiger partial charge is 0.300 e. The SMILES string of the molecule is CCC[C@@H](C)N(C)C(=O)c1cccc(Cl)c1[N+](=O)[O-]. The van der Waals surface area contributed by atoms with Gasteiger partial charge in [-0.15, -0.1) is 0 Å². The molecule has 1 aromatic carbocycles. The molecule has 19 heavy (non-hydrogen) atoms. The summed E-state index contributed by atoms with van der Waals surface area (Å²) in [6, 6.07) is 4.41. The van der Waals surface area contributed by atoms with Gasteiger partial charge < -0.3 is 4.90 Å². The van der Waals surface area contributed by atoms with Crippen molar-refractivity contribution in [2.24, 2.45) is 0 Å². The van der Waals surface area contributed by atoms with Crippen molar-refractivity contribution in [1.29, 1.82) is 0 Å². The van der Waals surface area contributed by atoms with Crippen molar-refractivity contribution in [3.63, 3.8) is 0 Å². The predicted molar refractivity (Wildman–Crippen MR) is 74.6 cm³/mol. The van der Waals surface area contributed by atoms with E-state index < -0.39 is 4.92 Å². The molecule has 0 aliphatic carbocycles. The van der Waals surface area contributed by atoms with Crippen LogP contribution in [0.25, 0.3) is 0 Å². The van der Waals surface area contributed by atoms with Crippen LogP contribution in [0.15, 0.2) is 18.2 Å². The summed E-state index contributed by atoms with van der Waals surface area (Å²) in [5, 5.41) is 11.0. The van der Waals surface area contributed by atoms with Crippen molar-refractivity contribution < 1.29 is 9.72 Å². The fourth-order valence-electron chi connectivity index (χ4n) is 1.88. The van der Waals surface area contributed by atoms with Gasteiger partial charge in [-0.3, -0.25) is 14.9 Å². The lowest BCUT2D eigenvalue weighted by molar-refractivity contribution is -0.385. The molecule has 0 fully saturated rings. The Kier molecular flexibility index (Phi) is 5.30. The Hall–Kier alpha value is -1.62. The summed E-state index contributed by atoms with van der Waals surface area (Å²) in [5.74, 6) is -0.379. The zero-order chi connectivity index (χ0) is 14.6. The van der Waals surface area contributed by atoms with Gasteiger partial charge in [-0.1, -0.05) is 31.0 Å². The Labute approximate surface area is 117 Å². The van der Waals surface area contributed by atoms with Crippen LogP contribution < -0.4 is 0 Å². The van der Waals surface area contributed by atoms with E-state index in [0.29, 0.717) is 0 Å². The minimum atomic E-state index is -0.617. The first-order valence-corrected chi connectivity index (χ1v) is 6.48. The highest BCUT2D eigenvalue weighted by atomic mass is 35.5. The number of amides is 1. The highest BCUT2D eigenvalue weighted by Gasteiger charge is 2.27. The molecular formula is C13H17ClN2O3. The van der Waals surface area contributed by atoms with Gasteiger partial charge in [-0.2, -0.15) is 0 Å². The molecule has 1 amide bonds. The first-order chi connectivity index (χ1) is 8.90. The summed E-state index contributed by atoms with van der Waals surface area (Å²) in [4.78, 5) is 24.2. The van der Waals surface area contributed by atoms with Crippen LogP contribution in [0.3, 0.4) is 0 Å². The second kappa shape index (κ2) is 6.52. The molecule has 0 aliphatic rings. The summed E-state index contributed by atoms with van der Waals surface area (Å²) in [6.07, 6.45) is 1.78. The van der Waals surface area contributed by atoms with Gasteiger partial charge in [0.05, 0.1) is 4.92 Å².